The van der Waals surface area contributed by atoms with Crippen molar-refractivity contribution in [3.63, 3.8) is 0 Å². The Labute approximate surface area is 242 Å². The van der Waals surface area contributed by atoms with Gasteiger partial charge in [-0.1, -0.05) is 43.5 Å². The molecule has 1 unspecified atom stereocenters. The van der Waals surface area contributed by atoms with Crippen molar-refractivity contribution in [1.82, 2.24) is 19.4 Å². The van der Waals surface area contributed by atoms with E-state index in [2.05, 4.69) is 51.6 Å². The average Bonchev–Trinajstić information content (AvgIpc) is 3.58. The molecule has 3 saturated heterocycles. The molecular formula is C34H43FN4O2. The molecule has 1 N–H and O–H groups in total. The van der Waals surface area contributed by atoms with E-state index in [0.29, 0.717) is 30.6 Å². The Morgan fingerprint density at radius 2 is 1.76 bits per heavy atom. The number of rotatable bonds is 7. The number of aliphatic carboxylic acids is 1. The van der Waals surface area contributed by atoms with Crippen LogP contribution in [0, 0.1) is 24.1 Å². The SMILES string of the molecule is Cc1nc2ccccc2n1C1C[C@H]2CC[C@@H](C1)N2C[C@H]1CN(CC2(C(=O)O)CCCCC2)C[C@@H]1c1cccc(F)c1. The van der Waals surface area contributed by atoms with Crippen molar-refractivity contribution < 1.29 is 14.3 Å². The molecule has 2 aromatic carbocycles. The highest BCUT2D eigenvalue weighted by Crippen LogP contribution is 2.45. The number of carboxylic acid groups (broad SMARTS) is 1. The topological polar surface area (TPSA) is 61.6 Å². The third-order valence-corrected chi connectivity index (χ3v) is 11.0. The number of aromatic nitrogens is 2. The van der Waals surface area contributed by atoms with Crippen LogP contribution in [-0.2, 0) is 4.79 Å². The molecule has 7 rings (SSSR count). The standard InChI is InChI=1S/C34H43FN4O2/c1-23-36-31-10-3-4-11-32(31)39(23)29-17-27-12-13-28(18-29)38(27)20-25-19-37(21-30(25)24-8-7-9-26(35)16-24)22-34(33(40)41)14-5-2-6-15-34/h3-4,7-11,16,25,27-30H,2,5-6,12-15,17-22H2,1H3,(H,40,41)/t25-,27-,28+,29?,30-/m1/s1. The van der Waals surface area contributed by atoms with Crippen LogP contribution in [0.15, 0.2) is 48.5 Å². The first-order valence-corrected chi connectivity index (χ1v) is 15.8. The molecule has 2 bridgehead atoms. The van der Waals surface area contributed by atoms with Gasteiger partial charge in [-0.3, -0.25) is 9.69 Å². The number of likely N-dealkylation sites (tertiary alicyclic amines) is 1. The van der Waals surface area contributed by atoms with Crippen molar-refractivity contribution in [2.45, 2.75) is 88.8 Å². The zero-order valence-electron chi connectivity index (χ0n) is 24.2. The number of halogens is 1. The first-order valence-electron chi connectivity index (χ1n) is 15.8. The number of hydrogen-bond donors (Lipinski definition) is 1. The van der Waals surface area contributed by atoms with Gasteiger partial charge < -0.3 is 14.6 Å². The first kappa shape index (κ1) is 27.1. The van der Waals surface area contributed by atoms with Crippen molar-refractivity contribution >= 4 is 17.0 Å². The second-order valence-corrected chi connectivity index (χ2v) is 13.5. The molecule has 0 spiro atoms. The summed E-state index contributed by atoms with van der Waals surface area (Å²) < 4.78 is 16.9. The molecule has 5 atom stereocenters. The monoisotopic (exact) mass is 558 g/mol. The second-order valence-electron chi connectivity index (χ2n) is 13.5. The first-order chi connectivity index (χ1) is 19.9. The second kappa shape index (κ2) is 10.8. The van der Waals surface area contributed by atoms with Gasteiger partial charge in [0.25, 0.3) is 0 Å². The largest absolute Gasteiger partial charge is 0.481 e. The highest BCUT2D eigenvalue weighted by Gasteiger charge is 2.47. The third kappa shape index (κ3) is 4.99. The Morgan fingerprint density at radius 1 is 1.00 bits per heavy atom. The Balaban J connectivity index is 1.11. The summed E-state index contributed by atoms with van der Waals surface area (Å²) in [7, 11) is 0. The molecular weight excluding hydrogens is 515 g/mol. The summed E-state index contributed by atoms with van der Waals surface area (Å²) >= 11 is 0. The maximum Gasteiger partial charge on any atom is 0.310 e. The molecule has 41 heavy (non-hydrogen) atoms. The number of benzene rings is 2. The predicted octanol–water partition coefficient (Wildman–Crippen LogP) is 6.40. The summed E-state index contributed by atoms with van der Waals surface area (Å²) in [4.78, 5) is 22.5. The summed E-state index contributed by atoms with van der Waals surface area (Å²) in [5, 5.41) is 10.3. The van der Waals surface area contributed by atoms with Crippen molar-refractivity contribution in [1.29, 1.82) is 0 Å². The van der Waals surface area contributed by atoms with E-state index in [1.807, 2.05) is 6.07 Å². The summed E-state index contributed by atoms with van der Waals surface area (Å²) in [5.74, 6) is 0.874. The lowest BCUT2D eigenvalue weighted by atomic mass is 9.73. The summed E-state index contributed by atoms with van der Waals surface area (Å²) in [6.45, 7) is 5.47. The van der Waals surface area contributed by atoms with Crippen LogP contribution in [0.5, 0.6) is 0 Å². The molecule has 1 aromatic heterocycles. The number of carbonyl (C=O) groups is 1. The van der Waals surface area contributed by atoms with E-state index in [1.165, 1.54) is 24.4 Å². The van der Waals surface area contributed by atoms with Crippen LogP contribution >= 0.6 is 0 Å². The van der Waals surface area contributed by atoms with E-state index in [4.69, 9.17) is 4.98 Å². The molecule has 0 radical (unpaired) electrons. The minimum absolute atomic E-state index is 0.183. The lowest BCUT2D eigenvalue weighted by molar-refractivity contribution is -0.152. The van der Waals surface area contributed by atoms with E-state index in [0.717, 1.165) is 81.5 Å². The molecule has 6 nitrogen and oxygen atoms in total. The molecule has 0 amide bonds. The molecule has 3 aromatic rings. The Morgan fingerprint density at radius 3 is 2.49 bits per heavy atom. The highest BCUT2D eigenvalue weighted by molar-refractivity contribution is 5.76. The van der Waals surface area contributed by atoms with Crippen molar-refractivity contribution in [2.24, 2.45) is 11.3 Å². The van der Waals surface area contributed by atoms with Crippen LogP contribution in [-0.4, -0.2) is 68.7 Å². The van der Waals surface area contributed by atoms with Crippen molar-refractivity contribution in [3.8, 4) is 0 Å². The number of para-hydroxylation sites is 2. The third-order valence-electron chi connectivity index (χ3n) is 11.0. The molecule has 4 fully saturated rings. The van der Waals surface area contributed by atoms with Crippen molar-refractivity contribution in [3.05, 3.63) is 65.7 Å². The number of nitrogens with zero attached hydrogens (tertiary/aromatic N) is 4. The molecule has 4 aliphatic rings. The van der Waals surface area contributed by atoms with Gasteiger partial charge in [0.2, 0.25) is 0 Å². The fourth-order valence-electron chi connectivity index (χ4n) is 9.14. The normalized spacial score (nSPS) is 30.2. The summed E-state index contributed by atoms with van der Waals surface area (Å²) in [6.07, 6.45) is 9.43. The van der Waals surface area contributed by atoms with E-state index in [-0.39, 0.29) is 11.7 Å². The lowest BCUT2D eigenvalue weighted by Gasteiger charge is -2.42. The van der Waals surface area contributed by atoms with E-state index < -0.39 is 11.4 Å². The summed E-state index contributed by atoms with van der Waals surface area (Å²) in [6, 6.07) is 17.2. The minimum atomic E-state index is -0.636. The van der Waals surface area contributed by atoms with E-state index in [1.54, 1.807) is 6.07 Å². The number of aryl methyl sites for hydroxylation is 1. The van der Waals surface area contributed by atoms with Gasteiger partial charge in [0, 0.05) is 50.2 Å². The summed E-state index contributed by atoms with van der Waals surface area (Å²) in [5.41, 5.74) is 2.76. The van der Waals surface area contributed by atoms with Gasteiger partial charge in [-0.25, -0.2) is 9.37 Å². The molecule has 7 heteroatoms. The van der Waals surface area contributed by atoms with Crippen LogP contribution in [0.2, 0.25) is 0 Å². The number of fused-ring (bicyclic) bond motifs is 3. The fraction of sp³-hybridized carbons (Fsp3) is 0.588. The van der Waals surface area contributed by atoms with Gasteiger partial charge in [-0.15, -0.1) is 0 Å². The van der Waals surface area contributed by atoms with Gasteiger partial charge >= 0.3 is 5.97 Å². The quantitative estimate of drug-likeness (QED) is 0.364. The number of carboxylic acids is 1. The molecule has 218 valence electrons. The maximum atomic E-state index is 14.4. The zero-order chi connectivity index (χ0) is 28.1. The number of imidazole rings is 1. The lowest BCUT2D eigenvalue weighted by Crippen LogP contribution is -2.47. The van der Waals surface area contributed by atoms with Crippen LogP contribution in [0.4, 0.5) is 4.39 Å². The van der Waals surface area contributed by atoms with E-state index >= 15 is 0 Å². The van der Waals surface area contributed by atoms with Crippen LogP contribution in [0.3, 0.4) is 0 Å². The van der Waals surface area contributed by atoms with Crippen LogP contribution in [0.1, 0.15) is 81.1 Å². The Kier molecular flexibility index (Phi) is 7.14. The fourth-order valence-corrected chi connectivity index (χ4v) is 9.14. The van der Waals surface area contributed by atoms with Gasteiger partial charge in [-0.05, 0) is 81.2 Å². The minimum Gasteiger partial charge on any atom is -0.481 e. The van der Waals surface area contributed by atoms with E-state index in [9.17, 15) is 14.3 Å². The Hall–Kier alpha value is -2.77. The molecule has 1 saturated carbocycles. The average molecular weight is 559 g/mol. The zero-order valence-corrected chi connectivity index (χ0v) is 24.2. The number of piperidine rings is 1. The van der Waals surface area contributed by atoms with Crippen molar-refractivity contribution in [2.75, 3.05) is 26.2 Å². The van der Waals surface area contributed by atoms with Gasteiger partial charge in [0.15, 0.2) is 0 Å². The van der Waals surface area contributed by atoms with Gasteiger partial charge in [0.05, 0.1) is 16.4 Å². The van der Waals surface area contributed by atoms with Gasteiger partial charge in [0.1, 0.15) is 11.6 Å². The maximum absolute atomic E-state index is 14.4. The smallest absolute Gasteiger partial charge is 0.310 e. The van der Waals surface area contributed by atoms with Gasteiger partial charge in [-0.2, -0.15) is 0 Å². The molecule has 4 heterocycles. The molecule has 3 aliphatic heterocycles. The number of hydrogen-bond acceptors (Lipinski definition) is 4. The van der Waals surface area contributed by atoms with Crippen LogP contribution < -0.4 is 0 Å². The Bertz CT molecular complexity index is 1400. The predicted molar refractivity (Wildman–Crippen MR) is 158 cm³/mol. The van der Waals surface area contributed by atoms with Crippen LogP contribution in [0.25, 0.3) is 11.0 Å². The highest BCUT2D eigenvalue weighted by atomic mass is 19.1. The molecule has 1 aliphatic carbocycles.